The van der Waals surface area contributed by atoms with Crippen LogP contribution in [0, 0.1) is 0 Å². The maximum Gasteiger partial charge on any atom is 0.472 e. The van der Waals surface area contributed by atoms with Crippen LogP contribution in [0.25, 0.3) is 0 Å². The highest BCUT2D eigenvalue weighted by Crippen LogP contribution is 2.45. The van der Waals surface area contributed by atoms with Crippen LogP contribution >= 0.6 is 15.6 Å². The minimum Gasteiger partial charge on any atom is -0.463 e. The normalized spacial score (nSPS) is 14.6. The molecule has 0 amide bonds. The van der Waals surface area contributed by atoms with Gasteiger partial charge in [0.1, 0.15) is 25.4 Å². The first kappa shape index (κ1) is 117. The molecule has 4 N–H and O–H groups in total. The summed E-state index contributed by atoms with van der Waals surface area (Å²) in [5, 5.41) is 20.8. The number of carbonyl (C=O) groups is 3. The first-order valence-electron chi connectivity index (χ1n) is 48.4. The van der Waals surface area contributed by atoms with Gasteiger partial charge in [-0.25, -0.2) is 9.13 Å². The second-order valence-corrected chi connectivity index (χ2v) is 34.6. The molecule has 0 rings (SSSR count). The Balaban J connectivity index is 4.59. The molecule has 0 aromatic heterocycles. The van der Waals surface area contributed by atoms with E-state index in [1.54, 1.807) is 0 Å². The lowest BCUT2D eigenvalue weighted by Crippen LogP contribution is -2.30. The summed E-state index contributed by atoms with van der Waals surface area (Å²) in [6, 6.07) is 0. The summed E-state index contributed by atoms with van der Waals surface area (Å²) < 4.78 is 61.5. The molecule has 0 aliphatic heterocycles. The molecule has 0 radical (unpaired) electrons. The highest BCUT2D eigenvalue weighted by Gasteiger charge is 2.30. The number of hydrogen-bond acceptors (Lipinski definition) is 14. The molecular weight excluding hydrogens is 1580 g/mol. The maximum atomic E-state index is 13.1. The fraction of sp³-hybridized carbons (Fsp3) is 0.648. The van der Waals surface area contributed by atoms with Crippen molar-refractivity contribution in [3.8, 4) is 0 Å². The van der Waals surface area contributed by atoms with E-state index in [9.17, 15) is 43.5 Å². The van der Waals surface area contributed by atoms with Crippen LogP contribution in [-0.4, -0.2) is 95.9 Å². The average Bonchev–Trinajstić information content (AvgIpc) is 0.900. The Morgan fingerprint density at radius 2 is 0.407 bits per heavy atom. The van der Waals surface area contributed by atoms with Gasteiger partial charge in [0.05, 0.1) is 26.4 Å². The largest absolute Gasteiger partial charge is 0.472 e. The van der Waals surface area contributed by atoms with Crippen molar-refractivity contribution in [1.29, 1.82) is 0 Å². The van der Waals surface area contributed by atoms with Crippen LogP contribution in [0.2, 0.25) is 0 Å². The number of phosphoric ester groups is 2. The maximum absolute atomic E-state index is 13.1. The Bertz CT molecular complexity index is 3070. The molecule has 0 saturated carbocycles. The Hall–Kier alpha value is -5.87. The molecular formula is C105H174O16P2. The lowest BCUT2D eigenvalue weighted by molar-refractivity contribution is -0.161. The van der Waals surface area contributed by atoms with Crippen LogP contribution < -0.4 is 0 Å². The van der Waals surface area contributed by atoms with Gasteiger partial charge in [0.2, 0.25) is 0 Å². The monoisotopic (exact) mass is 1750 g/mol. The molecule has 123 heavy (non-hydrogen) atoms. The summed E-state index contributed by atoms with van der Waals surface area (Å²) in [4.78, 5) is 59.1. The summed E-state index contributed by atoms with van der Waals surface area (Å²) in [6.45, 7) is 2.35. The summed E-state index contributed by atoms with van der Waals surface area (Å²) in [6.07, 6.45) is 129. The lowest BCUT2D eigenvalue weighted by atomic mass is 10.0. The first-order valence-corrected chi connectivity index (χ1v) is 51.4. The fourth-order valence-corrected chi connectivity index (χ4v) is 14.4. The number of ether oxygens (including phenoxy) is 3. The quantitative estimate of drug-likeness (QED) is 0.0146. The highest BCUT2D eigenvalue weighted by atomic mass is 31.2. The number of allylic oxidation sites excluding steroid dienone is 34. The molecule has 0 fully saturated rings. The van der Waals surface area contributed by atoms with Crippen molar-refractivity contribution in [1.82, 2.24) is 0 Å². The van der Waals surface area contributed by atoms with Crippen LogP contribution in [0.5, 0.6) is 0 Å². The van der Waals surface area contributed by atoms with Crippen molar-refractivity contribution in [3.05, 3.63) is 207 Å². The molecule has 5 atom stereocenters. The molecule has 0 bridgehead atoms. The predicted octanol–water partition coefficient (Wildman–Crippen LogP) is 30.3. The number of carbonyl (C=O) groups excluding carboxylic acids is 3. The molecule has 16 nitrogen and oxygen atoms in total. The third-order valence-corrected chi connectivity index (χ3v) is 21.9. The third kappa shape index (κ3) is 96.6. The number of aliphatic hydroxyl groups is 2. The zero-order valence-electron chi connectivity index (χ0n) is 77.3. The smallest absolute Gasteiger partial charge is 0.463 e. The van der Waals surface area contributed by atoms with Crippen LogP contribution in [0.1, 0.15) is 380 Å². The third-order valence-electron chi connectivity index (χ3n) is 20.0. The summed E-state index contributed by atoms with van der Waals surface area (Å²) in [5.41, 5.74) is 0. The molecule has 0 aromatic rings. The van der Waals surface area contributed by atoms with Gasteiger partial charge in [0.15, 0.2) is 6.10 Å². The Morgan fingerprint density at radius 3 is 0.642 bits per heavy atom. The minimum absolute atomic E-state index is 0.0768. The highest BCUT2D eigenvalue weighted by molar-refractivity contribution is 7.47. The van der Waals surface area contributed by atoms with E-state index in [0.29, 0.717) is 19.3 Å². The number of phosphoric acid groups is 2. The van der Waals surface area contributed by atoms with Gasteiger partial charge < -0.3 is 34.2 Å². The van der Waals surface area contributed by atoms with E-state index in [1.165, 1.54) is 122 Å². The molecule has 0 aliphatic carbocycles. The summed E-state index contributed by atoms with van der Waals surface area (Å²) in [7, 11) is -9.83. The summed E-state index contributed by atoms with van der Waals surface area (Å²) in [5.74, 6) is -1.60. The second-order valence-electron chi connectivity index (χ2n) is 31.7. The average molecular weight is 1750 g/mol. The van der Waals surface area contributed by atoms with Crippen molar-refractivity contribution in [2.24, 2.45) is 0 Å². The Kier molecular flexibility index (Phi) is 90.7. The second kappa shape index (κ2) is 95.2. The standard InChI is InChI=1S/C105H174O16P2/c1-4-7-10-13-16-19-22-25-28-31-34-37-39-41-43-45-47-49-51-53-55-57-59-62-64-67-70-73-76-79-82-85-88-91-103(108)115-94-100(106)95-117-122(111,112)118-96-101(107)97-119-123(113,114)120-99-102(121-105(110)93-90-87-84-81-78-75-72-69-66-61-36-33-30-27-24-21-18-15-12-9-6-3)98-116-104(109)92-89-86-83-80-77-74-71-68-65-63-60-58-56-54-52-50-48-46-44-42-40-38-35-32-29-26-23-20-17-14-11-8-5-2/h7-12,16-21,25-30,34-38,41-44,47-50,61,69,72,100-102,106-107H,4-6,13-15,22-24,31-33,39-40,45-46,51-60,62-68,70-71,73-99H2,1-3H3,(H,111,112)(H,113,114)/b10-7-,11-8-,12-9-,19-16-,20-17-,21-18-,28-25-,29-26-,30-27-,37-34-,38-35-,43-41-,44-42-,49-47-,50-48-,61-36-,72-69-. The number of rotatable bonds is 90. The molecule has 5 unspecified atom stereocenters. The van der Waals surface area contributed by atoms with Crippen LogP contribution in [-0.2, 0) is 55.8 Å². The van der Waals surface area contributed by atoms with Crippen molar-refractivity contribution in [3.63, 3.8) is 0 Å². The topological polar surface area (TPSA) is 231 Å². The van der Waals surface area contributed by atoms with Gasteiger partial charge in [-0.1, -0.05) is 401 Å². The zero-order valence-corrected chi connectivity index (χ0v) is 79.1. The number of aliphatic hydroxyl groups excluding tert-OH is 2. The van der Waals surface area contributed by atoms with Crippen molar-refractivity contribution >= 4 is 33.6 Å². The molecule has 18 heteroatoms. The molecule has 0 saturated heterocycles. The van der Waals surface area contributed by atoms with E-state index < -0.39 is 91.5 Å². The van der Waals surface area contributed by atoms with Gasteiger partial charge in [-0.2, -0.15) is 0 Å². The van der Waals surface area contributed by atoms with Crippen molar-refractivity contribution in [2.75, 3.05) is 39.6 Å². The van der Waals surface area contributed by atoms with Gasteiger partial charge in [-0.3, -0.25) is 32.5 Å². The zero-order chi connectivity index (χ0) is 89.3. The van der Waals surface area contributed by atoms with Crippen molar-refractivity contribution in [2.45, 2.75) is 399 Å². The van der Waals surface area contributed by atoms with E-state index in [-0.39, 0.29) is 19.3 Å². The Labute approximate surface area is 750 Å². The summed E-state index contributed by atoms with van der Waals surface area (Å²) >= 11 is 0. The SMILES string of the molecule is CC/C=C\C/C=C\C/C=C\C/C=C\C/C=C\C/C=C\CCCCCCCCCCCCCCCCC(=O)OCC(O)COP(=O)(O)OCC(O)COP(=O)(O)OCC(COC(=O)CCCCCCCCCCCCCCCC/C=C\C/C=C\C/C=C\C/C=C\C/C=C\C/C=C\CC)OC(=O)CCCCCCC/C=C\C/C=C\C/C=C\C/C=C\C/C=C\CC. The van der Waals surface area contributed by atoms with Gasteiger partial charge in [0, 0.05) is 19.3 Å². The van der Waals surface area contributed by atoms with Crippen LogP contribution in [0.4, 0.5) is 0 Å². The first-order chi connectivity index (χ1) is 60.2. The number of esters is 3. The molecule has 0 aromatic carbocycles. The lowest BCUT2D eigenvalue weighted by Gasteiger charge is -2.21. The molecule has 0 aliphatic rings. The number of hydrogen-bond donors (Lipinski definition) is 4. The Morgan fingerprint density at radius 1 is 0.228 bits per heavy atom. The van der Waals surface area contributed by atoms with Gasteiger partial charge in [-0.15, -0.1) is 0 Å². The van der Waals surface area contributed by atoms with E-state index in [4.69, 9.17) is 32.3 Å². The van der Waals surface area contributed by atoms with Gasteiger partial charge in [-0.05, 0) is 167 Å². The molecule has 0 spiro atoms. The van der Waals surface area contributed by atoms with E-state index in [2.05, 4.69) is 227 Å². The molecule has 0 heterocycles. The van der Waals surface area contributed by atoms with E-state index in [0.717, 1.165) is 199 Å². The predicted molar refractivity (Wildman–Crippen MR) is 518 cm³/mol. The van der Waals surface area contributed by atoms with Crippen molar-refractivity contribution < 1.29 is 75.8 Å². The molecule has 700 valence electrons. The minimum atomic E-state index is -4.95. The van der Waals surface area contributed by atoms with Crippen LogP contribution in [0.3, 0.4) is 0 Å². The van der Waals surface area contributed by atoms with Crippen LogP contribution in [0.15, 0.2) is 207 Å². The van der Waals surface area contributed by atoms with E-state index in [1.807, 2.05) is 0 Å². The number of unbranched alkanes of at least 4 members (excludes halogenated alkanes) is 33. The van der Waals surface area contributed by atoms with Gasteiger partial charge in [0.25, 0.3) is 0 Å². The van der Waals surface area contributed by atoms with Gasteiger partial charge >= 0.3 is 33.6 Å². The fourth-order valence-electron chi connectivity index (χ4n) is 12.8. The van der Waals surface area contributed by atoms with E-state index >= 15 is 0 Å².